The Hall–Kier alpha value is -2.01. The molecule has 0 spiro atoms. The van der Waals surface area contributed by atoms with Gasteiger partial charge in [-0.25, -0.2) is 4.79 Å². The molecule has 0 atom stereocenters. The van der Waals surface area contributed by atoms with Crippen LogP contribution in [0.1, 0.15) is 26.3 Å². The van der Waals surface area contributed by atoms with E-state index in [0.29, 0.717) is 5.02 Å². The minimum absolute atomic E-state index is 0.286. The Morgan fingerprint density at radius 1 is 1.27 bits per heavy atom. The third kappa shape index (κ3) is 3.80. The second-order valence-corrected chi connectivity index (χ2v) is 6.51. The summed E-state index contributed by atoms with van der Waals surface area (Å²) in [5.74, 6) is 0.286. The quantitative estimate of drug-likeness (QED) is 0.892. The number of carbonyl (C=O) groups is 1. The molecule has 2 rings (SSSR count). The van der Waals surface area contributed by atoms with Crippen molar-refractivity contribution in [2.24, 2.45) is 7.05 Å². The lowest BCUT2D eigenvalue weighted by Gasteiger charge is -2.19. The van der Waals surface area contributed by atoms with Crippen molar-refractivity contribution in [2.45, 2.75) is 33.3 Å². The van der Waals surface area contributed by atoms with Crippen molar-refractivity contribution in [3.05, 3.63) is 34.9 Å². The minimum atomic E-state index is -0.581. The van der Waals surface area contributed by atoms with Crippen molar-refractivity contribution in [2.75, 3.05) is 5.32 Å². The highest BCUT2D eigenvalue weighted by Crippen LogP contribution is 2.33. The number of aromatic nitrogens is 2. The Bertz CT molecular complexity index is 685. The van der Waals surface area contributed by atoms with Crippen LogP contribution in [0.5, 0.6) is 0 Å². The summed E-state index contributed by atoms with van der Waals surface area (Å²) in [5, 5.41) is 7.22. The zero-order valence-corrected chi connectivity index (χ0v) is 14.2. The molecule has 2 aromatic rings. The lowest BCUT2D eigenvalue weighted by Crippen LogP contribution is -2.27. The van der Waals surface area contributed by atoms with E-state index in [0.717, 1.165) is 16.8 Å². The van der Waals surface area contributed by atoms with Gasteiger partial charge in [-0.2, -0.15) is 5.10 Å². The van der Waals surface area contributed by atoms with E-state index < -0.39 is 11.7 Å². The van der Waals surface area contributed by atoms with Crippen LogP contribution in [0.25, 0.3) is 11.3 Å². The molecule has 1 N–H and O–H groups in total. The van der Waals surface area contributed by atoms with Crippen molar-refractivity contribution in [3.8, 4) is 11.3 Å². The van der Waals surface area contributed by atoms with Crippen molar-refractivity contribution in [1.82, 2.24) is 9.78 Å². The average molecular weight is 322 g/mol. The number of carbonyl (C=O) groups excluding carboxylic acids is 1. The maximum atomic E-state index is 11.8. The van der Waals surface area contributed by atoms with Gasteiger partial charge in [0, 0.05) is 12.6 Å². The van der Waals surface area contributed by atoms with E-state index in [2.05, 4.69) is 10.4 Å². The molecule has 5 nitrogen and oxygen atoms in total. The molecule has 0 saturated carbocycles. The second-order valence-electron chi connectivity index (χ2n) is 6.13. The van der Waals surface area contributed by atoms with Crippen LogP contribution >= 0.6 is 11.6 Å². The highest BCUT2D eigenvalue weighted by atomic mass is 35.5. The topological polar surface area (TPSA) is 56.1 Å². The van der Waals surface area contributed by atoms with Crippen LogP contribution < -0.4 is 5.32 Å². The smallest absolute Gasteiger partial charge is 0.413 e. The first kappa shape index (κ1) is 16.4. The Kier molecular flexibility index (Phi) is 4.47. The highest BCUT2D eigenvalue weighted by molar-refractivity contribution is 6.36. The molecule has 0 saturated heterocycles. The first-order valence-electron chi connectivity index (χ1n) is 6.97. The van der Waals surface area contributed by atoms with Gasteiger partial charge >= 0.3 is 6.09 Å². The number of nitrogens with one attached hydrogen (secondary N) is 1. The molecule has 22 heavy (non-hydrogen) atoms. The van der Waals surface area contributed by atoms with Crippen molar-refractivity contribution < 1.29 is 9.53 Å². The zero-order valence-electron chi connectivity index (χ0n) is 13.4. The molecule has 1 aromatic heterocycles. The van der Waals surface area contributed by atoms with Gasteiger partial charge in [0.15, 0.2) is 5.82 Å². The van der Waals surface area contributed by atoms with Gasteiger partial charge in [-0.15, -0.1) is 0 Å². The van der Waals surface area contributed by atoms with Gasteiger partial charge < -0.3 is 4.74 Å². The van der Waals surface area contributed by atoms with Crippen molar-refractivity contribution in [1.29, 1.82) is 0 Å². The van der Waals surface area contributed by atoms with Gasteiger partial charge in [0.2, 0.25) is 0 Å². The Balaban J connectivity index is 2.27. The predicted octanol–water partition coefficient (Wildman–Crippen LogP) is 4.40. The normalized spacial score (nSPS) is 11.4. The summed E-state index contributed by atoms with van der Waals surface area (Å²) in [4.78, 5) is 11.8. The lowest BCUT2D eigenvalue weighted by atomic mass is 10.1. The number of aryl methyl sites for hydroxylation is 2. The Labute approximate surface area is 135 Å². The van der Waals surface area contributed by atoms with Gasteiger partial charge in [0.05, 0.1) is 5.69 Å². The third-order valence-electron chi connectivity index (χ3n) is 2.93. The molecule has 1 aromatic carbocycles. The molecular formula is C16H20ClN3O2. The van der Waals surface area contributed by atoms with E-state index in [1.807, 2.05) is 31.2 Å². The van der Waals surface area contributed by atoms with Crippen LogP contribution in [-0.4, -0.2) is 21.5 Å². The number of nitrogens with zero attached hydrogens (tertiary/aromatic N) is 2. The van der Waals surface area contributed by atoms with Crippen LogP contribution in [0.3, 0.4) is 0 Å². The molecular weight excluding hydrogens is 302 g/mol. The maximum absolute atomic E-state index is 11.8. The van der Waals surface area contributed by atoms with Crippen LogP contribution in [-0.2, 0) is 11.8 Å². The molecule has 0 aliphatic rings. The molecule has 0 bridgehead atoms. The molecule has 1 amide bonds. The summed E-state index contributed by atoms with van der Waals surface area (Å²) >= 11 is 6.37. The molecule has 0 aliphatic heterocycles. The standard InChI is InChI=1S/C16H20ClN3O2/c1-10-6-8-11(9-7-10)13-12(17)14(19-20(13)5)18-15(21)22-16(2,3)4/h6-9H,1-5H3,(H,18,19,21). The first-order chi connectivity index (χ1) is 10.2. The highest BCUT2D eigenvalue weighted by Gasteiger charge is 2.21. The summed E-state index contributed by atoms with van der Waals surface area (Å²) in [6.07, 6.45) is -0.581. The Morgan fingerprint density at radius 2 is 1.86 bits per heavy atom. The molecule has 6 heteroatoms. The van der Waals surface area contributed by atoms with E-state index in [1.165, 1.54) is 0 Å². The van der Waals surface area contributed by atoms with Crippen molar-refractivity contribution >= 4 is 23.5 Å². The van der Waals surface area contributed by atoms with Crippen LogP contribution in [0, 0.1) is 6.92 Å². The summed E-state index contributed by atoms with van der Waals surface area (Å²) in [6, 6.07) is 7.93. The van der Waals surface area contributed by atoms with E-state index in [1.54, 1.807) is 32.5 Å². The molecule has 1 heterocycles. The van der Waals surface area contributed by atoms with E-state index in [4.69, 9.17) is 16.3 Å². The van der Waals surface area contributed by atoms with Gasteiger partial charge in [0.1, 0.15) is 10.6 Å². The largest absolute Gasteiger partial charge is 0.444 e. The van der Waals surface area contributed by atoms with E-state index in [-0.39, 0.29) is 5.82 Å². The van der Waals surface area contributed by atoms with E-state index >= 15 is 0 Å². The number of benzene rings is 1. The monoisotopic (exact) mass is 321 g/mol. The van der Waals surface area contributed by atoms with Crippen LogP contribution in [0.4, 0.5) is 10.6 Å². The minimum Gasteiger partial charge on any atom is -0.444 e. The van der Waals surface area contributed by atoms with Crippen LogP contribution in [0.15, 0.2) is 24.3 Å². The maximum Gasteiger partial charge on any atom is 0.413 e. The number of anilines is 1. The fourth-order valence-electron chi connectivity index (χ4n) is 2.00. The summed E-state index contributed by atoms with van der Waals surface area (Å²) < 4.78 is 6.85. The van der Waals surface area contributed by atoms with Gasteiger partial charge in [-0.3, -0.25) is 10.00 Å². The SMILES string of the molecule is Cc1ccc(-c2c(Cl)c(NC(=O)OC(C)(C)C)nn2C)cc1. The molecule has 0 fully saturated rings. The number of rotatable bonds is 2. The fraction of sp³-hybridized carbons (Fsp3) is 0.375. The van der Waals surface area contributed by atoms with Gasteiger partial charge in [-0.05, 0) is 27.7 Å². The summed E-state index contributed by atoms with van der Waals surface area (Å²) in [6.45, 7) is 7.41. The summed E-state index contributed by atoms with van der Waals surface area (Å²) in [5.41, 5.74) is 2.26. The van der Waals surface area contributed by atoms with Gasteiger partial charge in [0.25, 0.3) is 0 Å². The lowest BCUT2D eigenvalue weighted by molar-refractivity contribution is 0.0635. The summed E-state index contributed by atoms with van der Waals surface area (Å²) in [7, 11) is 1.78. The van der Waals surface area contributed by atoms with Crippen LogP contribution in [0.2, 0.25) is 5.02 Å². The fourth-order valence-corrected chi connectivity index (χ4v) is 2.32. The number of halogens is 1. The molecule has 0 aliphatic carbocycles. The second kappa shape index (κ2) is 6.01. The number of hydrogen-bond acceptors (Lipinski definition) is 3. The molecule has 0 unspecified atom stereocenters. The average Bonchev–Trinajstić information content (AvgIpc) is 2.63. The van der Waals surface area contributed by atoms with E-state index in [9.17, 15) is 4.79 Å². The molecule has 118 valence electrons. The Morgan fingerprint density at radius 3 is 2.41 bits per heavy atom. The number of ether oxygens (including phenoxy) is 1. The van der Waals surface area contributed by atoms with Gasteiger partial charge in [-0.1, -0.05) is 41.4 Å². The predicted molar refractivity (Wildman–Crippen MR) is 88.2 cm³/mol. The zero-order chi connectivity index (χ0) is 16.5. The first-order valence-corrected chi connectivity index (χ1v) is 7.35. The van der Waals surface area contributed by atoms with Crippen molar-refractivity contribution in [3.63, 3.8) is 0 Å². The number of amides is 1. The molecule has 0 radical (unpaired) electrons. The number of hydrogen-bond donors (Lipinski definition) is 1. The third-order valence-corrected chi connectivity index (χ3v) is 3.29.